The van der Waals surface area contributed by atoms with Crippen LogP contribution in [0.3, 0.4) is 0 Å². The molecule has 5 nitrogen and oxygen atoms in total. The first-order valence-electron chi connectivity index (χ1n) is 14.3. The van der Waals surface area contributed by atoms with Crippen molar-refractivity contribution in [2.75, 3.05) is 5.32 Å². The largest absolute Gasteiger partial charge is 0.352 e. The van der Waals surface area contributed by atoms with E-state index in [2.05, 4.69) is 28.5 Å². The van der Waals surface area contributed by atoms with Gasteiger partial charge in [-0.15, -0.1) is 0 Å². The number of nitrogens with zero attached hydrogens (tertiary/aromatic N) is 1. The summed E-state index contributed by atoms with van der Waals surface area (Å²) in [6.07, 6.45) is 17.0. The van der Waals surface area contributed by atoms with Crippen LogP contribution in [0.15, 0.2) is 29.8 Å². The number of unbranched alkanes of at least 4 members (excludes halogenated alkanes) is 5. The number of para-hydroxylation sites is 1. The Kier molecular flexibility index (Phi) is 9.28. The summed E-state index contributed by atoms with van der Waals surface area (Å²) in [6.45, 7) is 4.22. The SMILES string of the molecule is CCCCCCCCC(C(=O)NC1CCCCC1)N1C(=C2CCC2)c2ccccc2NC(=O)C1C. The molecule has 2 saturated carbocycles. The second kappa shape index (κ2) is 12.6. The Labute approximate surface area is 212 Å². The molecule has 2 fully saturated rings. The van der Waals surface area contributed by atoms with E-state index in [-0.39, 0.29) is 23.9 Å². The van der Waals surface area contributed by atoms with E-state index in [1.165, 1.54) is 56.9 Å². The van der Waals surface area contributed by atoms with E-state index in [1.807, 2.05) is 25.1 Å². The van der Waals surface area contributed by atoms with Gasteiger partial charge in [-0.05, 0) is 57.1 Å². The van der Waals surface area contributed by atoms with Gasteiger partial charge >= 0.3 is 0 Å². The average Bonchev–Trinajstić information content (AvgIpc) is 2.93. The molecule has 0 aromatic heterocycles. The molecular weight excluding hydrogens is 434 g/mol. The van der Waals surface area contributed by atoms with Crippen LogP contribution in [0.25, 0.3) is 5.70 Å². The number of hydrogen-bond donors (Lipinski definition) is 2. The number of rotatable bonds is 10. The van der Waals surface area contributed by atoms with Crippen LogP contribution in [-0.4, -0.2) is 34.8 Å². The second-order valence-electron chi connectivity index (χ2n) is 10.8. The standard InChI is InChI=1S/C30H45N3O2/c1-3-4-5-6-7-11-21-27(30(35)31-24-17-9-8-10-18-24)33-22(2)29(34)32-26-20-13-12-19-25(26)28(33)23-15-14-16-23/h12-13,19-20,22,24,27H,3-11,14-18,21H2,1-2H3,(H,31,35)(H,32,34). The van der Waals surface area contributed by atoms with E-state index in [1.54, 1.807) is 0 Å². The highest BCUT2D eigenvalue weighted by Crippen LogP contribution is 2.42. The van der Waals surface area contributed by atoms with Crippen LogP contribution in [0.2, 0.25) is 0 Å². The molecule has 0 saturated heterocycles. The third-order valence-electron chi connectivity index (χ3n) is 8.21. The van der Waals surface area contributed by atoms with Gasteiger partial charge in [0.25, 0.3) is 0 Å². The van der Waals surface area contributed by atoms with Crippen LogP contribution in [0, 0.1) is 0 Å². The second-order valence-corrected chi connectivity index (χ2v) is 10.8. The smallest absolute Gasteiger partial charge is 0.246 e. The Morgan fingerprint density at radius 2 is 1.74 bits per heavy atom. The summed E-state index contributed by atoms with van der Waals surface area (Å²) in [7, 11) is 0. The molecule has 2 unspecified atom stereocenters. The molecule has 1 heterocycles. The first-order chi connectivity index (χ1) is 17.1. The lowest BCUT2D eigenvalue weighted by Crippen LogP contribution is -2.54. The van der Waals surface area contributed by atoms with Crippen molar-refractivity contribution in [2.45, 2.75) is 128 Å². The van der Waals surface area contributed by atoms with Crippen LogP contribution in [0.4, 0.5) is 5.69 Å². The van der Waals surface area contributed by atoms with Crippen LogP contribution in [0.5, 0.6) is 0 Å². The quantitative estimate of drug-likeness (QED) is 0.363. The third-order valence-corrected chi connectivity index (χ3v) is 8.21. The third kappa shape index (κ3) is 6.29. The molecule has 192 valence electrons. The molecule has 1 aromatic rings. The molecule has 2 N–H and O–H groups in total. The number of carbonyl (C=O) groups excluding carboxylic acids is 2. The minimum Gasteiger partial charge on any atom is -0.352 e. The normalized spacial score (nSPS) is 21.6. The van der Waals surface area contributed by atoms with Gasteiger partial charge in [-0.3, -0.25) is 9.59 Å². The van der Waals surface area contributed by atoms with E-state index in [4.69, 9.17) is 0 Å². The van der Waals surface area contributed by atoms with Crippen LogP contribution >= 0.6 is 0 Å². The minimum absolute atomic E-state index is 0.0224. The lowest BCUT2D eigenvalue weighted by molar-refractivity contribution is -0.129. The molecule has 4 rings (SSSR count). The molecular formula is C30H45N3O2. The Hall–Kier alpha value is -2.30. The molecule has 2 aliphatic carbocycles. The van der Waals surface area contributed by atoms with Crippen LogP contribution < -0.4 is 10.6 Å². The van der Waals surface area contributed by atoms with Crippen molar-refractivity contribution < 1.29 is 9.59 Å². The van der Waals surface area contributed by atoms with Crippen molar-refractivity contribution >= 4 is 23.2 Å². The van der Waals surface area contributed by atoms with Crippen LogP contribution in [0.1, 0.15) is 116 Å². The first-order valence-corrected chi connectivity index (χ1v) is 14.3. The maximum Gasteiger partial charge on any atom is 0.246 e. The lowest BCUT2D eigenvalue weighted by Gasteiger charge is -2.40. The zero-order valence-corrected chi connectivity index (χ0v) is 21.9. The van der Waals surface area contributed by atoms with Gasteiger partial charge in [0, 0.05) is 17.3 Å². The summed E-state index contributed by atoms with van der Waals surface area (Å²) in [5.41, 5.74) is 4.46. The number of carbonyl (C=O) groups is 2. The maximum absolute atomic E-state index is 13.9. The predicted molar refractivity (Wildman–Crippen MR) is 144 cm³/mol. The Morgan fingerprint density at radius 3 is 2.46 bits per heavy atom. The number of fused-ring (bicyclic) bond motifs is 1. The van der Waals surface area contributed by atoms with E-state index >= 15 is 0 Å². The van der Waals surface area contributed by atoms with Gasteiger partial charge in [-0.1, -0.05) is 82.9 Å². The molecule has 2 amide bonds. The topological polar surface area (TPSA) is 61.4 Å². The Bertz CT molecular complexity index is 897. The van der Waals surface area contributed by atoms with Gasteiger partial charge in [-0.2, -0.15) is 0 Å². The Balaban J connectivity index is 1.64. The molecule has 0 bridgehead atoms. The molecule has 0 spiro atoms. The molecule has 3 aliphatic rings. The highest BCUT2D eigenvalue weighted by molar-refractivity contribution is 6.01. The highest BCUT2D eigenvalue weighted by atomic mass is 16.2. The zero-order valence-electron chi connectivity index (χ0n) is 21.9. The zero-order chi connectivity index (χ0) is 24.6. The van der Waals surface area contributed by atoms with Gasteiger partial charge in [0.1, 0.15) is 12.1 Å². The number of anilines is 1. The van der Waals surface area contributed by atoms with E-state index in [9.17, 15) is 9.59 Å². The number of amides is 2. The van der Waals surface area contributed by atoms with E-state index in [0.29, 0.717) is 0 Å². The molecule has 1 aromatic carbocycles. The fraction of sp³-hybridized carbons (Fsp3) is 0.667. The summed E-state index contributed by atoms with van der Waals surface area (Å²) in [6, 6.07) is 7.68. The molecule has 2 atom stereocenters. The van der Waals surface area contributed by atoms with Gasteiger partial charge in [0.15, 0.2) is 0 Å². The minimum atomic E-state index is -0.396. The number of nitrogens with one attached hydrogen (secondary N) is 2. The fourth-order valence-corrected chi connectivity index (χ4v) is 5.94. The molecule has 0 radical (unpaired) electrons. The number of benzene rings is 1. The van der Waals surface area contributed by atoms with Crippen molar-refractivity contribution in [3.05, 3.63) is 35.4 Å². The van der Waals surface area contributed by atoms with E-state index < -0.39 is 6.04 Å². The predicted octanol–water partition coefficient (Wildman–Crippen LogP) is 6.79. The highest BCUT2D eigenvalue weighted by Gasteiger charge is 2.39. The molecule has 35 heavy (non-hydrogen) atoms. The summed E-state index contributed by atoms with van der Waals surface area (Å²) in [5.74, 6) is 0.0905. The van der Waals surface area contributed by atoms with Crippen LogP contribution in [-0.2, 0) is 9.59 Å². The summed E-state index contributed by atoms with van der Waals surface area (Å²) in [4.78, 5) is 29.4. The molecule has 1 aliphatic heterocycles. The summed E-state index contributed by atoms with van der Waals surface area (Å²) in [5, 5.41) is 6.57. The summed E-state index contributed by atoms with van der Waals surface area (Å²) >= 11 is 0. The maximum atomic E-state index is 13.9. The number of hydrogen-bond acceptors (Lipinski definition) is 3. The van der Waals surface area contributed by atoms with E-state index in [0.717, 1.165) is 61.9 Å². The van der Waals surface area contributed by atoms with Crippen molar-refractivity contribution in [1.82, 2.24) is 10.2 Å². The monoisotopic (exact) mass is 479 g/mol. The van der Waals surface area contributed by atoms with Gasteiger partial charge < -0.3 is 15.5 Å². The van der Waals surface area contributed by atoms with Crippen molar-refractivity contribution in [2.24, 2.45) is 0 Å². The Morgan fingerprint density at radius 1 is 1.03 bits per heavy atom. The van der Waals surface area contributed by atoms with Crippen molar-refractivity contribution in [3.63, 3.8) is 0 Å². The van der Waals surface area contributed by atoms with Crippen molar-refractivity contribution in [3.8, 4) is 0 Å². The summed E-state index contributed by atoms with van der Waals surface area (Å²) < 4.78 is 0. The van der Waals surface area contributed by atoms with Crippen molar-refractivity contribution in [1.29, 1.82) is 0 Å². The van der Waals surface area contributed by atoms with Gasteiger partial charge in [0.2, 0.25) is 11.8 Å². The van der Waals surface area contributed by atoms with Gasteiger partial charge in [-0.25, -0.2) is 0 Å². The first kappa shape index (κ1) is 25.8. The fourth-order valence-electron chi connectivity index (χ4n) is 5.94. The molecule has 5 heteroatoms. The average molecular weight is 480 g/mol. The number of allylic oxidation sites excluding steroid dienone is 1. The lowest BCUT2D eigenvalue weighted by atomic mass is 9.86. The van der Waals surface area contributed by atoms with Gasteiger partial charge in [0.05, 0.1) is 5.69 Å².